The summed E-state index contributed by atoms with van der Waals surface area (Å²) >= 11 is 0. The number of aromatic nitrogens is 4. The normalized spacial score (nSPS) is 15.1. The highest BCUT2D eigenvalue weighted by Gasteiger charge is 2.19. The molecule has 0 fully saturated rings. The van der Waals surface area contributed by atoms with Crippen molar-refractivity contribution in [3.8, 4) is 11.4 Å². The van der Waals surface area contributed by atoms with E-state index in [2.05, 4.69) is 58.4 Å². The molecule has 0 radical (unpaired) electrons. The largest absolute Gasteiger partial charge is 0.383 e. The third-order valence-electron chi connectivity index (χ3n) is 5.89. The maximum absolute atomic E-state index is 5.94. The molecule has 0 saturated heterocycles. The van der Waals surface area contributed by atoms with Gasteiger partial charge in [-0.25, -0.2) is 15.0 Å². The summed E-state index contributed by atoms with van der Waals surface area (Å²) in [6.07, 6.45) is 4.17. The molecule has 160 valence electrons. The Morgan fingerprint density at radius 3 is 2.61 bits per heavy atom. The summed E-state index contributed by atoms with van der Waals surface area (Å²) in [4.78, 5) is 13.4. The molecule has 1 aliphatic rings. The number of pyridine rings is 2. The van der Waals surface area contributed by atoms with Gasteiger partial charge in [-0.2, -0.15) is 0 Å². The van der Waals surface area contributed by atoms with E-state index >= 15 is 0 Å². The number of imidazole rings is 1. The van der Waals surface area contributed by atoms with Gasteiger partial charge in [-0.1, -0.05) is 38.1 Å². The number of fused-ring (bicyclic) bond motifs is 2. The molecule has 6 nitrogen and oxygen atoms in total. The molecule has 3 heterocycles. The number of hydrogen-bond donors (Lipinski definition) is 2. The maximum Gasteiger partial charge on any atom is 0.160 e. The molecule has 1 aromatic carbocycles. The lowest BCUT2D eigenvalue weighted by atomic mass is 10.1. The standard InChI is InChI=1S/C15H17N5.C10H13N/c1-9(2)11-6-7-12-15(18-11)20(3)14(19-12)10-5-4-8-17-13(10)16;1-11-10-7-6-8-4-2-3-5-9(8)10/h4-9H,1-3H3,(H2,16,17);2-5,10-11H,6-7H2,1H3. The van der Waals surface area contributed by atoms with Crippen molar-refractivity contribution in [2.45, 2.75) is 38.6 Å². The molecule has 1 unspecified atom stereocenters. The van der Waals surface area contributed by atoms with E-state index in [9.17, 15) is 0 Å². The summed E-state index contributed by atoms with van der Waals surface area (Å²) in [5.41, 5.74) is 12.6. The van der Waals surface area contributed by atoms with Gasteiger partial charge in [0, 0.05) is 25.0 Å². The van der Waals surface area contributed by atoms with Gasteiger partial charge in [-0.15, -0.1) is 0 Å². The Labute approximate surface area is 183 Å². The van der Waals surface area contributed by atoms with Crippen LogP contribution in [0.3, 0.4) is 0 Å². The summed E-state index contributed by atoms with van der Waals surface area (Å²) in [5, 5.41) is 3.32. The Kier molecular flexibility index (Phi) is 6.00. The highest BCUT2D eigenvalue weighted by Crippen LogP contribution is 2.30. The monoisotopic (exact) mass is 414 g/mol. The number of rotatable bonds is 3. The fraction of sp³-hybridized carbons (Fsp3) is 0.320. The van der Waals surface area contributed by atoms with Gasteiger partial charge in [-0.3, -0.25) is 0 Å². The van der Waals surface area contributed by atoms with Crippen molar-refractivity contribution >= 4 is 17.0 Å². The van der Waals surface area contributed by atoms with E-state index in [0.717, 1.165) is 28.2 Å². The molecule has 0 amide bonds. The molecule has 3 N–H and O–H groups in total. The summed E-state index contributed by atoms with van der Waals surface area (Å²) in [6.45, 7) is 4.26. The van der Waals surface area contributed by atoms with E-state index in [1.807, 2.05) is 42.9 Å². The lowest BCUT2D eigenvalue weighted by molar-refractivity contribution is 0.590. The average Bonchev–Trinajstić information content (AvgIpc) is 3.35. The number of nitrogens with two attached hydrogens (primary N) is 1. The van der Waals surface area contributed by atoms with Crippen LogP contribution in [0.5, 0.6) is 0 Å². The van der Waals surface area contributed by atoms with Crippen molar-refractivity contribution in [1.82, 2.24) is 24.8 Å². The Morgan fingerprint density at radius 1 is 1.06 bits per heavy atom. The molecule has 5 rings (SSSR count). The summed E-state index contributed by atoms with van der Waals surface area (Å²) in [7, 11) is 3.99. The molecule has 6 heteroatoms. The number of anilines is 1. The fourth-order valence-electron chi connectivity index (χ4n) is 4.11. The third-order valence-corrected chi connectivity index (χ3v) is 5.89. The van der Waals surface area contributed by atoms with Crippen molar-refractivity contribution in [2.24, 2.45) is 7.05 Å². The van der Waals surface area contributed by atoms with Crippen LogP contribution in [0.15, 0.2) is 54.7 Å². The van der Waals surface area contributed by atoms with Crippen LogP contribution in [0.4, 0.5) is 5.82 Å². The lowest BCUT2D eigenvalue weighted by Gasteiger charge is -2.08. The van der Waals surface area contributed by atoms with Crippen molar-refractivity contribution in [3.63, 3.8) is 0 Å². The second-order valence-corrected chi connectivity index (χ2v) is 8.24. The molecule has 0 aliphatic heterocycles. The number of aryl methyl sites for hydroxylation is 2. The lowest BCUT2D eigenvalue weighted by Crippen LogP contribution is -2.12. The van der Waals surface area contributed by atoms with Crippen molar-refractivity contribution in [3.05, 3.63) is 71.5 Å². The van der Waals surface area contributed by atoms with Gasteiger partial charge in [0.2, 0.25) is 0 Å². The van der Waals surface area contributed by atoms with Crippen molar-refractivity contribution < 1.29 is 0 Å². The fourth-order valence-corrected chi connectivity index (χ4v) is 4.11. The Morgan fingerprint density at radius 2 is 1.87 bits per heavy atom. The number of nitrogens with one attached hydrogen (secondary N) is 1. The van der Waals surface area contributed by atoms with Gasteiger partial charge in [0.25, 0.3) is 0 Å². The van der Waals surface area contributed by atoms with Crippen molar-refractivity contribution in [1.29, 1.82) is 0 Å². The summed E-state index contributed by atoms with van der Waals surface area (Å²) < 4.78 is 1.97. The van der Waals surface area contributed by atoms with Crippen LogP contribution in [-0.4, -0.2) is 26.6 Å². The van der Waals surface area contributed by atoms with E-state index in [1.54, 1.807) is 6.20 Å². The van der Waals surface area contributed by atoms with Crippen LogP contribution in [-0.2, 0) is 13.5 Å². The highest BCUT2D eigenvalue weighted by atomic mass is 15.1. The minimum Gasteiger partial charge on any atom is -0.383 e. The van der Waals surface area contributed by atoms with Gasteiger partial charge in [-0.05, 0) is 61.2 Å². The van der Waals surface area contributed by atoms with E-state index in [0.29, 0.717) is 17.8 Å². The first-order valence-electron chi connectivity index (χ1n) is 10.8. The zero-order valence-electron chi connectivity index (χ0n) is 18.6. The number of nitrogen functional groups attached to an aromatic ring is 1. The van der Waals surface area contributed by atoms with Crippen LogP contribution in [0.1, 0.15) is 49.0 Å². The number of benzene rings is 1. The molecule has 1 aliphatic carbocycles. The van der Waals surface area contributed by atoms with Crippen LogP contribution in [0.2, 0.25) is 0 Å². The Balaban J connectivity index is 0.000000177. The van der Waals surface area contributed by atoms with E-state index < -0.39 is 0 Å². The quantitative estimate of drug-likeness (QED) is 0.511. The van der Waals surface area contributed by atoms with Crippen LogP contribution < -0.4 is 11.1 Å². The van der Waals surface area contributed by atoms with Gasteiger partial charge in [0.05, 0.1) is 5.56 Å². The van der Waals surface area contributed by atoms with Crippen LogP contribution in [0.25, 0.3) is 22.6 Å². The van der Waals surface area contributed by atoms with E-state index in [4.69, 9.17) is 5.73 Å². The van der Waals surface area contributed by atoms with Gasteiger partial charge in [0.15, 0.2) is 5.65 Å². The van der Waals surface area contributed by atoms with Crippen LogP contribution >= 0.6 is 0 Å². The molecular formula is C25H30N6. The highest BCUT2D eigenvalue weighted by molar-refractivity contribution is 5.80. The minimum absolute atomic E-state index is 0.390. The molecule has 0 saturated carbocycles. The van der Waals surface area contributed by atoms with Gasteiger partial charge < -0.3 is 15.6 Å². The Hall–Kier alpha value is -3.25. The third kappa shape index (κ3) is 4.16. The minimum atomic E-state index is 0.390. The number of nitrogens with zero attached hydrogens (tertiary/aromatic N) is 4. The zero-order chi connectivity index (χ0) is 22.0. The second-order valence-electron chi connectivity index (χ2n) is 8.24. The molecular weight excluding hydrogens is 384 g/mol. The first kappa shape index (κ1) is 21.0. The molecule has 31 heavy (non-hydrogen) atoms. The zero-order valence-corrected chi connectivity index (χ0v) is 18.6. The SMILES string of the molecule is CC(C)c1ccc2nc(-c3cccnc3N)n(C)c2n1.CNC1CCc2ccccc21. The average molecular weight is 415 g/mol. The first-order chi connectivity index (χ1) is 15.0. The predicted molar refractivity (Wildman–Crippen MR) is 127 cm³/mol. The molecule has 1 atom stereocenters. The van der Waals surface area contributed by atoms with E-state index in [-0.39, 0.29) is 0 Å². The molecule has 3 aromatic heterocycles. The molecule has 0 spiro atoms. The van der Waals surface area contributed by atoms with Crippen LogP contribution in [0, 0.1) is 0 Å². The molecule has 4 aromatic rings. The smallest absolute Gasteiger partial charge is 0.160 e. The Bertz CT molecular complexity index is 1190. The predicted octanol–water partition coefficient (Wildman–Crippen LogP) is 4.63. The second kappa shape index (κ2) is 8.86. The summed E-state index contributed by atoms with van der Waals surface area (Å²) in [5.74, 6) is 1.66. The summed E-state index contributed by atoms with van der Waals surface area (Å²) in [6, 6.07) is 17.1. The number of hydrogen-bond acceptors (Lipinski definition) is 5. The molecule has 0 bridgehead atoms. The first-order valence-corrected chi connectivity index (χ1v) is 10.8. The van der Waals surface area contributed by atoms with Gasteiger partial charge >= 0.3 is 0 Å². The maximum atomic E-state index is 5.94. The van der Waals surface area contributed by atoms with E-state index in [1.165, 1.54) is 24.0 Å². The van der Waals surface area contributed by atoms with Gasteiger partial charge in [0.1, 0.15) is 17.2 Å². The topological polar surface area (TPSA) is 81.7 Å². The van der Waals surface area contributed by atoms with Crippen molar-refractivity contribution in [2.75, 3.05) is 12.8 Å².